The molecular weight excluding hydrogens is 428 g/mol. The van der Waals surface area contributed by atoms with Gasteiger partial charge in [0.2, 0.25) is 5.91 Å². The maximum absolute atomic E-state index is 12.6. The van der Waals surface area contributed by atoms with Crippen molar-refractivity contribution in [1.82, 2.24) is 20.2 Å². The van der Waals surface area contributed by atoms with Gasteiger partial charge in [0.05, 0.1) is 17.9 Å². The third kappa shape index (κ3) is 6.47. The Hall–Kier alpha value is -3.61. The molecule has 2 aromatic carbocycles. The summed E-state index contributed by atoms with van der Waals surface area (Å²) in [6.45, 7) is 12.0. The quantitative estimate of drug-likeness (QED) is 0.472. The lowest BCUT2D eigenvalue weighted by atomic mass is 10.0. The lowest BCUT2D eigenvalue weighted by Crippen LogP contribution is -2.38. The number of rotatable bonds is 7. The van der Waals surface area contributed by atoms with Crippen LogP contribution in [-0.2, 0) is 16.1 Å². The number of amides is 2. The Kier molecular flexibility index (Phi) is 7.76. The van der Waals surface area contributed by atoms with E-state index in [1.165, 1.54) is 6.92 Å². The van der Waals surface area contributed by atoms with Gasteiger partial charge in [-0.05, 0) is 56.9 Å². The molecule has 3 aromatic rings. The highest BCUT2D eigenvalue weighted by atomic mass is 16.6. The summed E-state index contributed by atoms with van der Waals surface area (Å²) in [6, 6.07) is 16.1. The topological polar surface area (TPSA) is 87.3 Å². The smallest absolute Gasteiger partial charge is 0.410 e. The molecule has 1 atom stereocenters. The molecule has 0 saturated carbocycles. The Morgan fingerprint density at radius 3 is 2.12 bits per heavy atom. The fourth-order valence-electron chi connectivity index (χ4n) is 3.61. The first kappa shape index (κ1) is 25.0. The van der Waals surface area contributed by atoms with Crippen molar-refractivity contribution in [2.24, 2.45) is 0 Å². The molecule has 3 rings (SSSR count). The predicted molar refractivity (Wildman–Crippen MR) is 134 cm³/mol. The normalized spacial score (nSPS) is 12.2. The van der Waals surface area contributed by atoms with Gasteiger partial charge in [-0.3, -0.25) is 9.69 Å². The number of aromatic nitrogens is 2. The molecule has 0 spiro atoms. The van der Waals surface area contributed by atoms with Gasteiger partial charge in [-0.2, -0.15) is 0 Å². The van der Waals surface area contributed by atoms with Crippen molar-refractivity contribution in [1.29, 1.82) is 0 Å². The molecular formula is C27H34N4O3. The monoisotopic (exact) mass is 462 g/mol. The van der Waals surface area contributed by atoms with E-state index in [1.54, 1.807) is 11.1 Å². The van der Waals surface area contributed by atoms with Crippen LogP contribution < -0.4 is 5.32 Å². The van der Waals surface area contributed by atoms with Crippen LogP contribution in [0.1, 0.15) is 59.0 Å². The van der Waals surface area contributed by atoms with Gasteiger partial charge >= 0.3 is 6.09 Å². The highest BCUT2D eigenvalue weighted by Gasteiger charge is 2.27. The van der Waals surface area contributed by atoms with E-state index in [0.717, 1.165) is 27.9 Å². The molecule has 1 unspecified atom stereocenters. The van der Waals surface area contributed by atoms with E-state index in [1.807, 2.05) is 58.9 Å². The second-order valence-electron chi connectivity index (χ2n) is 9.31. The Morgan fingerprint density at radius 1 is 1.03 bits per heavy atom. The summed E-state index contributed by atoms with van der Waals surface area (Å²) in [5.41, 5.74) is 4.61. The van der Waals surface area contributed by atoms with Gasteiger partial charge in [0.1, 0.15) is 11.4 Å². The number of aromatic amines is 1. The molecule has 34 heavy (non-hydrogen) atoms. The van der Waals surface area contributed by atoms with Crippen molar-refractivity contribution in [2.75, 3.05) is 6.54 Å². The van der Waals surface area contributed by atoms with E-state index < -0.39 is 5.60 Å². The first-order valence-corrected chi connectivity index (χ1v) is 11.6. The number of nitrogens with one attached hydrogen (secondary N) is 2. The highest BCUT2D eigenvalue weighted by molar-refractivity contribution is 5.73. The minimum atomic E-state index is -0.550. The van der Waals surface area contributed by atoms with Crippen molar-refractivity contribution in [3.8, 4) is 22.4 Å². The van der Waals surface area contributed by atoms with Crippen LogP contribution in [0.25, 0.3) is 22.4 Å². The largest absolute Gasteiger partial charge is 0.444 e. The third-order valence-corrected chi connectivity index (χ3v) is 5.45. The van der Waals surface area contributed by atoms with Crippen LogP contribution in [0.2, 0.25) is 0 Å². The van der Waals surface area contributed by atoms with Crippen LogP contribution in [0, 0.1) is 0 Å². The van der Waals surface area contributed by atoms with Gasteiger partial charge < -0.3 is 15.0 Å². The van der Waals surface area contributed by atoms with Crippen molar-refractivity contribution >= 4 is 12.0 Å². The molecule has 0 bridgehead atoms. The minimum Gasteiger partial charge on any atom is -0.444 e. The zero-order valence-electron chi connectivity index (χ0n) is 20.8. The summed E-state index contributed by atoms with van der Waals surface area (Å²) in [5.74, 6) is 0.671. The minimum absolute atomic E-state index is 0.0386. The molecule has 1 aromatic heterocycles. The number of hydrogen-bond donors (Lipinski definition) is 2. The maximum atomic E-state index is 12.6. The first-order valence-electron chi connectivity index (χ1n) is 11.6. The summed E-state index contributed by atoms with van der Waals surface area (Å²) < 4.78 is 5.54. The van der Waals surface area contributed by atoms with Gasteiger partial charge in [-0.15, -0.1) is 0 Å². The van der Waals surface area contributed by atoms with Crippen LogP contribution in [0.3, 0.4) is 0 Å². The predicted octanol–water partition coefficient (Wildman–Crippen LogP) is 5.70. The number of imidazole rings is 1. The van der Waals surface area contributed by atoms with Crippen LogP contribution in [-0.4, -0.2) is 39.0 Å². The van der Waals surface area contributed by atoms with Crippen molar-refractivity contribution < 1.29 is 14.3 Å². The second-order valence-corrected chi connectivity index (χ2v) is 9.31. The molecule has 7 nitrogen and oxygen atoms in total. The number of benzene rings is 2. The van der Waals surface area contributed by atoms with Crippen molar-refractivity contribution in [3.63, 3.8) is 0 Å². The van der Waals surface area contributed by atoms with Crippen LogP contribution in [0.4, 0.5) is 4.79 Å². The average Bonchev–Trinajstić information content (AvgIpc) is 3.28. The number of nitrogens with zero attached hydrogens (tertiary/aromatic N) is 2. The number of ether oxygens (including phenoxy) is 1. The summed E-state index contributed by atoms with van der Waals surface area (Å²) in [4.78, 5) is 33.2. The molecule has 0 fully saturated rings. The molecule has 0 aliphatic carbocycles. The van der Waals surface area contributed by atoms with Gasteiger partial charge in [0.25, 0.3) is 0 Å². The van der Waals surface area contributed by atoms with E-state index in [0.29, 0.717) is 18.9 Å². The van der Waals surface area contributed by atoms with E-state index in [-0.39, 0.29) is 18.0 Å². The van der Waals surface area contributed by atoms with Crippen LogP contribution >= 0.6 is 0 Å². The summed E-state index contributed by atoms with van der Waals surface area (Å²) >= 11 is 0. The summed E-state index contributed by atoms with van der Waals surface area (Å²) in [5, 5.41) is 2.81. The van der Waals surface area contributed by atoms with Gasteiger partial charge in [0.15, 0.2) is 0 Å². The average molecular weight is 463 g/mol. The van der Waals surface area contributed by atoms with Crippen LogP contribution in [0.15, 0.2) is 54.7 Å². The van der Waals surface area contributed by atoms with Crippen LogP contribution in [0.5, 0.6) is 0 Å². The molecule has 0 saturated heterocycles. The van der Waals surface area contributed by atoms with Gasteiger partial charge in [0, 0.05) is 20.0 Å². The molecule has 180 valence electrons. The highest BCUT2D eigenvalue weighted by Crippen LogP contribution is 2.27. The number of H-pyrrole nitrogens is 1. The Balaban J connectivity index is 1.70. The lowest BCUT2D eigenvalue weighted by Gasteiger charge is -2.30. The third-order valence-electron chi connectivity index (χ3n) is 5.45. The Labute approximate surface area is 201 Å². The molecule has 0 radical (unpaired) electrons. The van der Waals surface area contributed by atoms with E-state index in [2.05, 4.69) is 39.6 Å². The van der Waals surface area contributed by atoms with Crippen molar-refractivity contribution in [2.45, 2.75) is 59.7 Å². The zero-order chi connectivity index (χ0) is 24.9. The Morgan fingerprint density at radius 2 is 1.59 bits per heavy atom. The molecule has 7 heteroatoms. The standard InChI is InChI=1S/C27H34N4O3/c1-7-31(26(33)34-27(4,5)6)18(2)25-29-17-24(30-25)23-14-12-22(13-15-23)21-10-8-20(9-11-21)16-28-19(3)32/h8-15,17-18H,7,16H2,1-6H3,(H,28,32)(H,29,30). The first-order chi connectivity index (χ1) is 16.1. The molecule has 2 N–H and O–H groups in total. The summed E-state index contributed by atoms with van der Waals surface area (Å²) in [6.07, 6.45) is 1.44. The second kappa shape index (κ2) is 10.5. The summed E-state index contributed by atoms with van der Waals surface area (Å²) in [7, 11) is 0. The number of carbonyl (C=O) groups excluding carboxylic acids is 2. The van der Waals surface area contributed by atoms with E-state index in [9.17, 15) is 9.59 Å². The molecule has 0 aliphatic heterocycles. The van der Waals surface area contributed by atoms with Gasteiger partial charge in [-0.1, -0.05) is 48.5 Å². The Bertz CT molecular complexity index is 1110. The van der Waals surface area contributed by atoms with Gasteiger partial charge in [-0.25, -0.2) is 9.78 Å². The van der Waals surface area contributed by atoms with E-state index in [4.69, 9.17) is 4.74 Å². The molecule has 1 heterocycles. The molecule has 2 amide bonds. The SMILES string of the molecule is CCN(C(=O)OC(C)(C)C)C(C)c1ncc(-c2ccc(-c3ccc(CNC(C)=O)cc3)cc2)[nH]1. The number of hydrogen-bond acceptors (Lipinski definition) is 4. The fourth-order valence-corrected chi connectivity index (χ4v) is 3.61. The number of carbonyl (C=O) groups is 2. The van der Waals surface area contributed by atoms with E-state index >= 15 is 0 Å². The van der Waals surface area contributed by atoms with Crippen molar-refractivity contribution in [3.05, 3.63) is 66.1 Å². The lowest BCUT2D eigenvalue weighted by molar-refractivity contribution is -0.119. The maximum Gasteiger partial charge on any atom is 0.410 e. The molecule has 0 aliphatic rings. The zero-order valence-corrected chi connectivity index (χ0v) is 20.8. The fraction of sp³-hybridized carbons (Fsp3) is 0.370.